The first-order chi connectivity index (χ1) is 6.19. The van der Waals surface area contributed by atoms with Crippen molar-refractivity contribution < 1.29 is 0 Å². The standard InChI is InChI=1S/C11H14BrN/c1-2-11(7-10(11)13)8-3-5-9(12)6-4-8/h3-6,10H,2,7,13H2,1H3/t10-,11-/m0/s1. The lowest BCUT2D eigenvalue weighted by molar-refractivity contribution is 0.634. The molecule has 2 N–H and O–H groups in total. The van der Waals surface area contributed by atoms with Crippen LogP contribution in [-0.4, -0.2) is 6.04 Å². The quantitative estimate of drug-likeness (QED) is 0.845. The average Bonchev–Trinajstić information content (AvgIpc) is 2.79. The SMILES string of the molecule is CC[C@@]1(c2ccc(Br)cc2)C[C@@H]1N. The van der Waals surface area contributed by atoms with E-state index in [1.807, 2.05) is 0 Å². The van der Waals surface area contributed by atoms with E-state index in [1.165, 1.54) is 5.56 Å². The van der Waals surface area contributed by atoms with E-state index in [0.29, 0.717) is 11.5 Å². The van der Waals surface area contributed by atoms with Gasteiger partial charge < -0.3 is 5.73 Å². The van der Waals surface area contributed by atoms with Gasteiger partial charge in [-0.1, -0.05) is 35.0 Å². The van der Waals surface area contributed by atoms with E-state index in [1.54, 1.807) is 0 Å². The van der Waals surface area contributed by atoms with E-state index >= 15 is 0 Å². The molecular weight excluding hydrogens is 226 g/mol. The zero-order valence-electron chi connectivity index (χ0n) is 7.76. The zero-order chi connectivity index (χ0) is 9.47. The summed E-state index contributed by atoms with van der Waals surface area (Å²) in [6, 6.07) is 8.93. The molecule has 1 fully saturated rings. The molecule has 0 spiro atoms. The predicted octanol–water partition coefficient (Wildman–Crippen LogP) is 2.83. The highest BCUT2D eigenvalue weighted by molar-refractivity contribution is 9.10. The van der Waals surface area contributed by atoms with Crippen molar-refractivity contribution in [3.8, 4) is 0 Å². The minimum Gasteiger partial charge on any atom is -0.327 e. The monoisotopic (exact) mass is 239 g/mol. The summed E-state index contributed by atoms with van der Waals surface area (Å²) in [5.41, 5.74) is 7.66. The van der Waals surface area contributed by atoms with Crippen molar-refractivity contribution in [3.63, 3.8) is 0 Å². The molecule has 0 amide bonds. The van der Waals surface area contributed by atoms with Gasteiger partial charge in [-0.3, -0.25) is 0 Å². The van der Waals surface area contributed by atoms with E-state index < -0.39 is 0 Å². The summed E-state index contributed by atoms with van der Waals surface area (Å²) in [5.74, 6) is 0. The van der Waals surface area contributed by atoms with E-state index in [4.69, 9.17) is 5.73 Å². The molecule has 0 bridgehead atoms. The number of nitrogens with two attached hydrogens (primary N) is 1. The van der Waals surface area contributed by atoms with E-state index in [9.17, 15) is 0 Å². The Morgan fingerprint density at radius 1 is 1.46 bits per heavy atom. The molecule has 1 aromatic carbocycles. The van der Waals surface area contributed by atoms with Crippen molar-refractivity contribution in [1.82, 2.24) is 0 Å². The molecule has 1 aliphatic carbocycles. The Labute approximate surface area is 87.5 Å². The fraction of sp³-hybridized carbons (Fsp3) is 0.455. The number of hydrogen-bond acceptors (Lipinski definition) is 1. The first-order valence-corrected chi connectivity index (χ1v) is 5.50. The van der Waals surface area contributed by atoms with Gasteiger partial charge in [0.15, 0.2) is 0 Å². The second-order valence-corrected chi connectivity index (χ2v) is 4.74. The number of benzene rings is 1. The summed E-state index contributed by atoms with van der Waals surface area (Å²) in [5, 5.41) is 0. The highest BCUT2D eigenvalue weighted by Crippen LogP contribution is 2.49. The Bertz CT molecular complexity index is 302. The van der Waals surface area contributed by atoms with E-state index in [0.717, 1.165) is 17.3 Å². The third-order valence-electron chi connectivity index (χ3n) is 3.18. The van der Waals surface area contributed by atoms with E-state index in [-0.39, 0.29) is 0 Å². The minimum atomic E-state index is 0.292. The minimum absolute atomic E-state index is 0.292. The summed E-state index contributed by atoms with van der Waals surface area (Å²) < 4.78 is 1.14. The first-order valence-electron chi connectivity index (χ1n) is 4.70. The summed E-state index contributed by atoms with van der Waals surface area (Å²) in [4.78, 5) is 0. The molecule has 1 aromatic rings. The summed E-state index contributed by atoms with van der Waals surface area (Å²) in [6.45, 7) is 2.22. The van der Waals surface area contributed by atoms with Gasteiger partial charge >= 0.3 is 0 Å². The van der Waals surface area contributed by atoms with Gasteiger partial charge in [0.2, 0.25) is 0 Å². The lowest BCUT2D eigenvalue weighted by Crippen LogP contribution is -2.17. The molecule has 0 unspecified atom stereocenters. The topological polar surface area (TPSA) is 26.0 Å². The number of hydrogen-bond donors (Lipinski definition) is 1. The van der Waals surface area contributed by atoms with Crippen molar-refractivity contribution >= 4 is 15.9 Å². The van der Waals surface area contributed by atoms with Crippen LogP contribution in [0.5, 0.6) is 0 Å². The highest BCUT2D eigenvalue weighted by atomic mass is 79.9. The van der Waals surface area contributed by atoms with Crippen molar-refractivity contribution in [3.05, 3.63) is 34.3 Å². The molecule has 0 aromatic heterocycles. The van der Waals surface area contributed by atoms with Gasteiger partial charge in [-0.15, -0.1) is 0 Å². The van der Waals surface area contributed by atoms with Gasteiger partial charge in [0.1, 0.15) is 0 Å². The second-order valence-electron chi connectivity index (χ2n) is 3.83. The van der Waals surface area contributed by atoms with Gasteiger partial charge in [0, 0.05) is 15.9 Å². The van der Waals surface area contributed by atoms with Crippen LogP contribution in [0.4, 0.5) is 0 Å². The maximum atomic E-state index is 5.97. The average molecular weight is 240 g/mol. The Morgan fingerprint density at radius 2 is 2.00 bits per heavy atom. The molecule has 0 radical (unpaired) electrons. The van der Waals surface area contributed by atoms with Crippen LogP contribution in [0, 0.1) is 0 Å². The number of halogens is 1. The maximum absolute atomic E-state index is 5.97. The lowest BCUT2D eigenvalue weighted by Gasteiger charge is -2.13. The van der Waals surface area contributed by atoms with Gasteiger partial charge in [0.25, 0.3) is 0 Å². The Hall–Kier alpha value is -0.340. The second kappa shape index (κ2) is 3.10. The molecule has 13 heavy (non-hydrogen) atoms. The number of rotatable bonds is 2. The predicted molar refractivity (Wildman–Crippen MR) is 58.7 cm³/mol. The molecule has 0 heterocycles. The van der Waals surface area contributed by atoms with Crippen molar-refractivity contribution in [1.29, 1.82) is 0 Å². The Balaban J connectivity index is 2.31. The van der Waals surface area contributed by atoms with Gasteiger partial charge in [-0.2, -0.15) is 0 Å². The van der Waals surface area contributed by atoms with Crippen molar-refractivity contribution in [2.75, 3.05) is 0 Å². The molecule has 0 aliphatic heterocycles. The molecule has 1 aliphatic rings. The maximum Gasteiger partial charge on any atom is 0.0175 e. The fourth-order valence-corrected chi connectivity index (χ4v) is 2.32. The van der Waals surface area contributed by atoms with Crippen LogP contribution in [0.15, 0.2) is 28.7 Å². The van der Waals surface area contributed by atoms with Gasteiger partial charge in [-0.25, -0.2) is 0 Å². The third-order valence-corrected chi connectivity index (χ3v) is 3.71. The van der Waals surface area contributed by atoms with Crippen molar-refractivity contribution in [2.24, 2.45) is 5.73 Å². The van der Waals surface area contributed by atoms with Crippen LogP contribution in [0.3, 0.4) is 0 Å². The van der Waals surface area contributed by atoms with Gasteiger partial charge in [-0.05, 0) is 30.5 Å². The zero-order valence-corrected chi connectivity index (χ0v) is 9.34. The summed E-state index contributed by atoms with van der Waals surface area (Å²) >= 11 is 3.44. The summed E-state index contributed by atoms with van der Waals surface area (Å²) in [7, 11) is 0. The van der Waals surface area contributed by atoms with Crippen molar-refractivity contribution in [2.45, 2.75) is 31.2 Å². The molecule has 1 saturated carbocycles. The first kappa shape index (κ1) is 9.22. The molecule has 0 saturated heterocycles. The van der Waals surface area contributed by atoms with Crippen LogP contribution in [-0.2, 0) is 5.41 Å². The molecule has 2 atom stereocenters. The molecule has 2 rings (SSSR count). The molecule has 2 heteroatoms. The molecular formula is C11H14BrN. The van der Waals surface area contributed by atoms with Crippen LogP contribution in [0.25, 0.3) is 0 Å². The van der Waals surface area contributed by atoms with Crippen LogP contribution in [0.1, 0.15) is 25.3 Å². The van der Waals surface area contributed by atoms with Crippen LogP contribution < -0.4 is 5.73 Å². The van der Waals surface area contributed by atoms with E-state index in [2.05, 4.69) is 47.1 Å². The normalized spacial score (nSPS) is 31.8. The van der Waals surface area contributed by atoms with Gasteiger partial charge in [0.05, 0.1) is 0 Å². The molecule has 1 nitrogen and oxygen atoms in total. The third kappa shape index (κ3) is 1.42. The lowest BCUT2D eigenvalue weighted by atomic mass is 9.92. The highest BCUT2D eigenvalue weighted by Gasteiger charge is 2.51. The largest absolute Gasteiger partial charge is 0.327 e. The molecule has 70 valence electrons. The Kier molecular flexibility index (Phi) is 2.20. The van der Waals surface area contributed by atoms with Crippen LogP contribution >= 0.6 is 15.9 Å². The fourth-order valence-electron chi connectivity index (χ4n) is 2.06. The van der Waals surface area contributed by atoms with Crippen LogP contribution in [0.2, 0.25) is 0 Å². The Morgan fingerprint density at radius 3 is 2.38 bits per heavy atom. The summed E-state index contributed by atoms with van der Waals surface area (Å²) in [6.07, 6.45) is 2.29. The smallest absolute Gasteiger partial charge is 0.0175 e.